The molecule has 0 aliphatic rings. The number of amides is 1. The molecule has 0 saturated carbocycles. The van der Waals surface area contributed by atoms with Gasteiger partial charge in [0, 0.05) is 13.1 Å². The van der Waals surface area contributed by atoms with Crippen LogP contribution in [0.3, 0.4) is 0 Å². The number of nitrogens with one attached hydrogen (secondary N) is 2. The predicted octanol–water partition coefficient (Wildman–Crippen LogP) is 1.70. The van der Waals surface area contributed by atoms with Crippen LogP contribution in [-0.2, 0) is 16.2 Å². The minimum atomic E-state index is -4.96. The number of carbonyl (C=O) groups is 1. The maximum absolute atomic E-state index is 13.9. The van der Waals surface area contributed by atoms with Crippen molar-refractivity contribution >= 4 is 15.9 Å². The molecule has 2 N–H and O–H groups in total. The van der Waals surface area contributed by atoms with E-state index >= 15 is 0 Å². The molecule has 12 heteroatoms. The highest BCUT2D eigenvalue weighted by Crippen LogP contribution is 2.34. The number of alkyl halides is 3. The first-order valence-electron chi connectivity index (χ1n) is 7.63. The average Bonchev–Trinajstić information content (AvgIpc) is 2.99. The lowest BCUT2D eigenvalue weighted by Crippen LogP contribution is -2.30. The molecule has 7 nitrogen and oxygen atoms in total. The summed E-state index contributed by atoms with van der Waals surface area (Å²) in [7, 11) is -3.39. The molecule has 0 aliphatic carbocycles. The van der Waals surface area contributed by atoms with E-state index in [0.717, 1.165) is 18.4 Å². The van der Waals surface area contributed by atoms with Crippen LogP contribution in [0.1, 0.15) is 22.5 Å². The average molecular weight is 408 g/mol. The zero-order valence-electron chi connectivity index (χ0n) is 14.0. The highest BCUT2D eigenvalue weighted by Gasteiger charge is 2.40. The van der Waals surface area contributed by atoms with Gasteiger partial charge < -0.3 is 5.32 Å². The van der Waals surface area contributed by atoms with E-state index in [1.54, 1.807) is 0 Å². The van der Waals surface area contributed by atoms with E-state index in [-0.39, 0.29) is 19.5 Å². The van der Waals surface area contributed by atoms with Crippen LogP contribution in [0.4, 0.5) is 17.6 Å². The first-order valence-corrected chi connectivity index (χ1v) is 9.53. The summed E-state index contributed by atoms with van der Waals surface area (Å²) in [4.78, 5) is 12.1. The highest BCUT2D eigenvalue weighted by atomic mass is 32.2. The lowest BCUT2D eigenvalue weighted by molar-refractivity contribution is -0.143. The number of aromatic nitrogens is 2. The van der Waals surface area contributed by atoms with Crippen molar-refractivity contribution in [3.63, 3.8) is 0 Å². The zero-order valence-corrected chi connectivity index (χ0v) is 14.9. The normalized spacial score (nSPS) is 12.2. The van der Waals surface area contributed by atoms with E-state index in [1.165, 1.54) is 12.1 Å². The van der Waals surface area contributed by atoms with Gasteiger partial charge in [-0.05, 0) is 18.6 Å². The first-order chi connectivity index (χ1) is 12.5. The number of carbonyl (C=O) groups excluding carboxylic acids is 1. The number of para-hydroxylation sites is 1. The van der Waals surface area contributed by atoms with Crippen molar-refractivity contribution in [3.8, 4) is 5.69 Å². The fraction of sp³-hybridized carbons (Fsp3) is 0.333. The lowest BCUT2D eigenvalue weighted by Gasteiger charge is -2.13. The molecule has 0 atom stereocenters. The molecule has 0 aliphatic heterocycles. The third-order valence-electron chi connectivity index (χ3n) is 3.37. The number of sulfonamides is 1. The van der Waals surface area contributed by atoms with E-state index in [0.29, 0.717) is 10.9 Å². The van der Waals surface area contributed by atoms with Gasteiger partial charge in [-0.1, -0.05) is 12.1 Å². The molecule has 1 amide bonds. The van der Waals surface area contributed by atoms with Crippen molar-refractivity contribution in [2.24, 2.45) is 0 Å². The van der Waals surface area contributed by atoms with E-state index in [2.05, 4.69) is 15.1 Å². The fourth-order valence-electron chi connectivity index (χ4n) is 2.24. The van der Waals surface area contributed by atoms with Gasteiger partial charge in [0.25, 0.3) is 5.91 Å². The minimum Gasteiger partial charge on any atom is -0.352 e. The number of halogens is 4. The van der Waals surface area contributed by atoms with Gasteiger partial charge in [-0.15, -0.1) is 0 Å². The summed E-state index contributed by atoms with van der Waals surface area (Å²) < 4.78 is 78.5. The van der Waals surface area contributed by atoms with Crippen LogP contribution in [0.15, 0.2) is 30.5 Å². The molecule has 0 fully saturated rings. The van der Waals surface area contributed by atoms with E-state index in [4.69, 9.17) is 0 Å². The van der Waals surface area contributed by atoms with Gasteiger partial charge in [0.05, 0.1) is 18.0 Å². The molecule has 1 aromatic heterocycles. The highest BCUT2D eigenvalue weighted by molar-refractivity contribution is 7.88. The maximum Gasteiger partial charge on any atom is 0.434 e. The van der Waals surface area contributed by atoms with Crippen molar-refractivity contribution in [1.82, 2.24) is 19.8 Å². The summed E-state index contributed by atoms with van der Waals surface area (Å²) in [6.45, 7) is -0.0523. The quantitative estimate of drug-likeness (QED) is 0.539. The summed E-state index contributed by atoms with van der Waals surface area (Å²) in [5, 5.41) is 5.77. The molecular formula is C15H16F4N4O3S. The summed E-state index contributed by atoms with van der Waals surface area (Å²) in [6.07, 6.45) is -3.12. The zero-order chi connectivity index (χ0) is 20.2. The van der Waals surface area contributed by atoms with E-state index in [9.17, 15) is 30.8 Å². The van der Waals surface area contributed by atoms with E-state index < -0.39 is 44.9 Å². The molecule has 0 unspecified atom stereocenters. The third-order valence-corrected chi connectivity index (χ3v) is 4.09. The SMILES string of the molecule is CS(=O)(=O)NCCCNC(=O)c1cnn(-c2ccccc2F)c1C(F)(F)F. The maximum atomic E-state index is 13.9. The molecule has 1 heterocycles. The predicted molar refractivity (Wildman–Crippen MR) is 88.3 cm³/mol. The van der Waals surface area contributed by atoms with Gasteiger partial charge in [-0.2, -0.15) is 18.3 Å². The van der Waals surface area contributed by atoms with E-state index in [1.807, 2.05) is 0 Å². The van der Waals surface area contributed by atoms with Crippen molar-refractivity contribution in [3.05, 3.63) is 47.5 Å². The third kappa shape index (κ3) is 5.50. The van der Waals surface area contributed by atoms with Crippen LogP contribution in [0.25, 0.3) is 5.69 Å². The summed E-state index contributed by atoms with van der Waals surface area (Å²) in [6, 6.07) is 4.74. The molecule has 148 valence electrons. The summed E-state index contributed by atoms with van der Waals surface area (Å²) in [5.74, 6) is -1.98. The van der Waals surface area contributed by atoms with Crippen LogP contribution in [-0.4, -0.2) is 43.5 Å². The molecule has 27 heavy (non-hydrogen) atoms. The van der Waals surface area contributed by atoms with Gasteiger partial charge in [0.15, 0.2) is 5.69 Å². The molecule has 0 radical (unpaired) electrons. The standard InChI is InChI=1S/C15H16F4N4O3S/c1-27(25,26)22-8-4-7-20-14(24)10-9-21-23(13(10)15(17,18)19)12-6-3-2-5-11(12)16/h2-3,5-6,9,22H,4,7-8H2,1H3,(H,20,24). The fourth-order valence-corrected chi connectivity index (χ4v) is 2.75. The van der Waals surface area contributed by atoms with Gasteiger partial charge in [0.1, 0.15) is 11.5 Å². The smallest absolute Gasteiger partial charge is 0.352 e. The monoisotopic (exact) mass is 408 g/mol. The molecule has 2 rings (SSSR count). The molecular weight excluding hydrogens is 392 g/mol. The summed E-state index contributed by atoms with van der Waals surface area (Å²) >= 11 is 0. The Morgan fingerprint density at radius 1 is 1.22 bits per heavy atom. The van der Waals surface area contributed by atoms with Gasteiger partial charge in [0.2, 0.25) is 10.0 Å². The van der Waals surface area contributed by atoms with Crippen LogP contribution in [0.5, 0.6) is 0 Å². The molecule has 0 saturated heterocycles. The second-order valence-electron chi connectivity index (χ2n) is 5.54. The number of hydrogen-bond donors (Lipinski definition) is 2. The van der Waals surface area contributed by atoms with Crippen LogP contribution in [0, 0.1) is 5.82 Å². The Morgan fingerprint density at radius 2 is 1.89 bits per heavy atom. The van der Waals surface area contributed by atoms with Crippen molar-refractivity contribution in [1.29, 1.82) is 0 Å². The van der Waals surface area contributed by atoms with Crippen LogP contribution < -0.4 is 10.0 Å². The van der Waals surface area contributed by atoms with Crippen molar-refractivity contribution in [2.45, 2.75) is 12.6 Å². The van der Waals surface area contributed by atoms with Crippen LogP contribution >= 0.6 is 0 Å². The van der Waals surface area contributed by atoms with Crippen molar-refractivity contribution < 1.29 is 30.8 Å². The second-order valence-corrected chi connectivity index (χ2v) is 7.38. The Hall–Kier alpha value is -2.47. The van der Waals surface area contributed by atoms with Crippen LogP contribution in [0.2, 0.25) is 0 Å². The second kappa shape index (κ2) is 8.05. The Labute approximate surface area is 152 Å². The molecule has 0 bridgehead atoms. The van der Waals surface area contributed by atoms with Gasteiger partial charge >= 0.3 is 6.18 Å². The Balaban J connectivity index is 2.20. The number of rotatable bonds is 7. The Kier molecular flexibility index (Phi) is 6.21. The number of benzene rings is 1. The summed E-state index contributed by atoms with van der Waals surface area (Å²) in [5.41, 5.74) is -2.61. The first kappa shape index (κ1) is 20.8. The Morgan fingerprint density at radius 3 is 2.48 bits per heavy atom. The Bertz CT molecular complexity index is 925. The largest absolute Gasteiger partial charge is 0.434 e. The minimum absolute atomic E-state index is 0.0136. The van der Waals surface area contributed by atoms with Crippen molar-refractivity contribution in [2.75, 3.05) is 19.3 Å². The molecule has 2 aromatic rings. The number of nitrogens with zero attached hydrogens (tertiary/aromatic N) is 2. The van der Waals surface area contributed by atoms with Gasteiger partial charge in [-0.3, -0.25) is 4.79 Å². The lowest BCUT2D eigenvalue weighted by atomic mass is 10.2. The topological polar surface area (TPSA) is 93.1 Å². The van der Waals surface area contributed by atoms with Gasteiger partial charge in [-0.25, -0.2) is 22.2 Å². The number of hydrogen-bond acceptors (Lipinski definition) is 4. The molecule has 0 spiro atoms. The molecule has 1 aromatic carbocycles.